The lowest BCUT2D eigenvalue weighted by atomic mass is 10.2. The van der Waals surface area contributed by atoms with Crippen molar-refractivity contribution >= 4 is 33.2 Å². The molecule has 10 heteroatoms. The molecule has 0 radical (unpaired) electrons. The van der Waals surface area contributed by atoms with Crippen LogP contribution in [0.3, 0.4) is 0 Å². The van der Waals surface area contributed by atoms with E-state index in [0.717, 1.165) is 6.61 Å². The summed E-state index contributed by atoms with van der Waals surface area (Å²) in [4.78, 5) is 12.2. The number of benzene rings is 1. The number of nitrogens with one attached hydrogen (secondary N) is 1. The smallest absolute Gasteiger partial charge is 0.226 e. The second-order valence-corrected chi connectivity index (χ2v) is 12.4. The highest BCUT2D eigenvalue weighted by Gasteiger charge is 2.18. The zero-order chi connectivity index (χ0) is 25.9. The quantitative estimate of drug-likeness (QED) is 0.142. The second-order valence-electron chi connectivity index (χ2n) is 9.21. The Bertz CT molecular complexity index is 688. The minimum absolute atomic E-state index is 0.103. The number of anilines is 1. The zero-order valence-electron chi connectivity index (χ0n) is 21.9. The molecule has 202 valence electrons. The third-order valence-electron chi connectivity index (χ3n) is 4.00. The van der Waals surface area contributed by atoms with Gasteiger partial charge in [0, 0.05) is 29.7 Å². The Kier molecular flexibility index (Phi) is 17.5. The molecule has 0 saturated carbocycles. The van der Waals surface area contributed by atoms with E-state index in [-0.39, 0.29) is 22.5 Å². The Hall–Kier alpha value is -1.01. The van der Waals surface area contributed by atoms with E-state index in [4.69, 9.17) is 29.4 Å². The van der Waals surface area contributed by atoms with E-state index in [1.165, 1.54) is 0 Å². The maximum absolute atomic E-state index is 12.2. The van der Waals surface area contributed by atoms with Crippen molar-refractivity contribution in [2.24, 2.45) is 11.7 Å². The van der Waals surface area contributed by atoms with Gasteiger partial charge in [-0.3, -0.25) is 4.79 Å². The first-order chi connectivity index (χ1) is 16.7. The Morgan fingerprint density at radius 2 is 1.71 bits per heavy atom. The molecule has 0 aliphatic rings. The minimum Gasteiger partial charge on any atom is -0.490 e. The highest BCUT2D eigenvalue weighted by Crippen LogP contribution is 2.38. The molecule has 1 aromatic carbocycles. The summed E-state index contributed by atoms with van der Waals surface area (Å²) in [6.45, 7) is 15.2. The average molecular weight is 533 g/mol. The summed E-state index contributed by atoms with van der Waals surface area (Å²) < 4.78 is 28.4. The lowest BCUT2D eigenvalue weighted by Gasteiger charge is -2.22. The summed E-state index contributed by atoms with van der Waals surface area (Å²) >= 11 is 0. The van der Waals surface area contributed by atoms with E-state index in [1.807, 2.05) is 24.3 Å². The summed E-state index contributed by atoms with van der Waals surface area (Å²) in [5, 5.41) is 2.88. The molecule has 1 aromatic rings. The van der Waals surface area contributed by atoms with Gasteiger partial charge in [0.15, 0.2) is 0 Å². The molecule has 8 nitrogen and oxygen atoms in total. The molecular weight excluding hydrogens is 488 g/mol. The lowest BCUT2D eigenvalue weighted by molar-refractivity contribution is -0.117. The molecule has 0 saturated heterocycles. The van der Waals surface area contributed by atoms with Crippen molar-refractivity contribution in [3.8, 4) is 5.75 Å². The van der Waals surface area contributed by atoms with Gasteiger partial charge in [-0.15, -0.1) is 0 Å². The van der Waals surface area contributed by atoms with Crippen LogP contribution in [0.15, 0.2) is 24.3 Å². The van der Waals surface area contributed by atoms with Crippen molar-refractivity contribution in [1.82, 2.24) is 0 Å². The molecule has 1 rings (SSSR count). The van der Waals surface area contributed by atoms with Crippen LogP contribution in [0, 0.1) is 5.92 Å². The number of ether oxygens (including phenoxy) is 5. The summed E-state index contributed by atoms with van der Waals surface area (Å²) in [6, 6.07) is 7.35. The number of hydrogen-bond acceptors (Lipinski definition) is 9. The summed E-state index contributed by atoms with van der Waals surface area (Å²) in [6.07, 6.45) is 0.261. The molecule has 3 N–H and O–H groups in total. The molecule has 0 fully saturated rings. The molecule has 0 heterocycles. The van der Waals surface area contributed by atoms with Crippen molar-refractivity contribution in [1.29, 1.82) is 0 Å². The fraction of sp³-hybridized carbons (Fsp3) is 0.720. The topological polar surface area (TPSA) is 101 Å². The number of amides is 1. The standard InChI is InChI=1S/C25H44N2O6S2/c1-20(2)18-31-15-16-32-24(34-35-25(3,4)5)19-33-22-8-6-7-21(17-22)27-23(28)9-11-29-13-14-30-12-10-26/h6-8,17,20,24H,9-16,18-19,26H2,1-5H3,(H,27,28). The monoisotopic (exact) mass is 532 g/mol. The number of nitrogens with two attached hydrogens (primary N) is 1. The van der Waals surface area contributed by atoms with Gasteiger partial charge in [0.25, 0.3) is 0 Å². The van der Waals surface area contributed by atoms with Crippen LogP contribution in [0.25, 0.3) is 0 Å². The average Bonchev–Trinajstić information content (AvgIpc) is 2.79. The second kappa shape index (κ2) is 19.1. The van der Waals surface area contributed by atoms with Crippen LogP contribution in [-0.4, -0.2) is 75.5 Å². The van der Waals surface area contributed by atoms with E-state index < -0.39 is 0 Å². The van der Waals surface area contributed by atoms with Gasteiger partial charge in [-0.25, -0.2) is 0 Å². The predicted molar refractivity (Wildman–Crippen MR) is 146 cm³/mol. The Morgan fingerprint density at radius 1 is 1.00 bits per heavy atom. The van der Waals surface area contributed by atoms with Gasteiger partial charge in [0.1, 0.15) is 17.8 Å². The van der Waals surface area contributed by atoms with Gasteiger partial charge in [-0.1, -0.05) is 62.3 Å². The van der Waals surface area contributed by atoms with Gasteiger partial charge in [-0.2, -0.15) is 0 Å². The van der Waals surface area contributed by atoms with Crippen LogP contribution in [0.1, 0.15) is 41.0 Å². The Morgan fingerprint density at radius 3 is 2.40 bits per heavy atom. The van der Waals surface area contributed by atoms with Crippen LogP contribution in [0.5, 0.6) is 5.75 Å². The minimum atomic E-state index is -0.147. The van der Waals surface area contributed by atoms with Crippen LogP contribution in [-0.2, 0) is 23.7 Å². The first-order valence-electron chi connectivity index (χ1n) is 12.1. The van der Waals surface area contributed by atoms with E-state index in [9.17, 15) is 4.79 Å². The SMILES string of the molecule is CC(C)COCCOC(COc1cccc(NC(=O)CCOCCOCCN)c1)SSC(C)(C)C. The van der Waals surface area contributed by atoms with Crippen molar-refractivity contribution in [2.75, 3.05) is 64.7 Å². The first kappa shape index (κ1) is 32.0. The molecule has 1 unspecified atom stereocenters. The van der Waals surface area contributed by atoms with Crippen LogP contribution < -0.4 is 15.8 Å². The van der Waals surface area contributed by atoms with Gasteiger partial charge in [-0.05, 0) is 18.1 Å². The van der Waals surface area contributed by atoms with E-state index in [0.29, 0.717) is 70.1 Å². The molecule has 1 amide bonds. The molecule has 1 atom stereocenters. The van der Waals surface area contributed by atoms with Crippen molar-refractivity contribution < 1.29 is 28.5 Å². The highest BCUT2D eigenvalue weighted by atomic mass is 33.1. The third kappa shape index (κ3) is 18.9. The molecule has 35 heavy (non-hydrogen) atoms. The van der Waals surface area contributed by atoms with E-state index in [2.05, 4.69) is 39.9 Å². The third-order valence-corrected chi connectivity index (χ3v) is 7.52. The number of carbonyl (C=O) groups is 1. The molecular formula is C25H44N2O6S2. The predicted octanol–water partition coefficient (Wildman–Crippen LogP) is 4.58. The fourth-order valence-corrected chi connectivity index (χ4v) is 4.67. The number of rotatable bonds is 20. The van der Waals surface area contributed by atoms with Crippen LogP contribution in [0.2, 0.25) is 0 Å². The van der Waals surface area contributed by atoms with Gasteiger partial charge < -0.3 is 34.7 Å². The van der Waals surface area contributed by atoms with Crippen LogP contribution in [0.4, 0.5) is 5.69 Å². The largest absolute Gasteiger partial charge is 0.490 e. The zero-order valence-corrected chi connectivity index (χ0v) is 23.5. The maximum Gasteiger partial charge on any atom is 0.226 e. The van der Waals surface area contributed by atoms with Crippen molar-refractivity contribution in [3.05, 3.63) is 24.3 Å². The number of hydrogen-bond donors (Lipinski definition) is 2. The molecule has 0 aromatic heterocycles. The normalized spacial score (nSPS) is 12.7. The van der Waals surface area contributed by atoms with Crippen molar-refractivity contribution in [3.63, 3.8) is 0 Å². The van der Waals surface area contributed by atoms with Crippen molar-refractivity contribution in [2.45, 2.75) is 51.2 Å². The maximum atomic E-state index is 12.2. The fourth-order valence-electron chi connectivity index (χ4n) is 2.48. The molecule has 0 aliphatic heterocycles. The van der Waals surface area contributed by atoms with Gasteiger partial charge >= 0.3 is 0 Å². The molecule has 0 aliphatic carbocycles. The van der Waals surface area contributed by atoms with E-state index in [1.54, 1.807) is 21.6 Å². The Labute approximate surface area is 219 Å². The first-order valence-corrected chi connectivity index (χ1v) is 14.3. The van der Waals surface area contributed by atoms with Crippen LogP contribution >= 0.6 is 21.6 Å². The number of carbonyl (C=O) groups excluding carboxylic acids is 1. The van der Waals surface area contributed by atoms with E-state index >= 15 is 0 Å². The molecule has 0 bridgehead atoms. The highest BCUT2D eigenvalue weighted by molar-refractivity contribution is 8.77. The summed E-state index contributed by atoms with van der Waals surface area (Å²) in [7, 11) is 3.42. The lowest BCUT2D eigenvalue weighted by Crippen LogP contribution is -2.21. The summed E-state index contributed by atoms with van der Waals surface area (Å²) in [5.74, 6) is 1.05. The Balaban J connectivity index is 2.44. The molecule has 0 spiro atoms. The summed E-state index contributed by atoms with van der Waals surface area (Å²) in [5.41, 5.74) is 5.88. The van der Waals surface area contributed by atoms with Gasteiger partial charge in [0.2, 0.25) is 5.91 Å². The van der Waals surface area contributed by atoms with Gasteiger partial charge in [0.05, 0.1) is 46.1 Å².